The Balaban J connectivity index is 1.98. The first-order chi connectivity index (χ1) is 11.8. The molecule has 136 valence electrons. The van der Waals surface area contributed by atoms with Gasteiger partial charge in [0.15, 0.2) is 5.82 Å². The molecule has 25 heavy (non-hydrogen) atoms. The van der Waals surface area contributed by atoms with Crippen LogP contribution in [-0.4, -0.2) is 58.0 Å². The molecule has 2 rings (SSSR count). The van der Waals surface area contributed by atoms with Crippen LogP contribution in [0.4, 0.5) is 11.5 Å². The number of nitrogens with one attached hydrogen (secondary N) is 2. The second-order valence-electron chi connectivity index (χ2n) is 6.20. The molecule has 0 aliphatic carbocycles. The van der Waals surface area contributed by atoms with Crippen molar-refractivity contribution in [2.24, 2.45) is 14.1 Å². The van der Waals surface area contributed by atoms with Crippen LogP contribution < -0.4 is 16.4 Å². The van der Waals surface area contributed by atoms with Gasteiger partial charge in [0, 0.05) is 33.0 Å². The standard InChI is InChI=1S/C16H25N7O2/c1-21(2)7-5-6-18-16(25)14-19-13(10-23(14)4)20-15(24)12-8-11(17)9-22(12)3/h8-10H,5-7,17H2,1-4H3,(H,18,25)(H,20,24). The van der Waals surface area contributed by atoms with E-state index in [2.05, 4.69) is 20.5 Å². The molecule has 2 aromatic rings. The van der Waals surface area contributed by atoms with Gasteiger partial charge in [-0.05, 0) is 33.1 Å². The summed E-state index contributed by atoms with van der Waals surface area (Å²) >= 11 is 0. The molecule has 0 spiro atoms. The molecule has 0 fully saturated rings. The molecule has 2 amide bonds. The van der Waals surface area contributed by atoms with Crippen molar-refractivity contribution >= 4 is 23.3 Å². The van der Waals surface area contributed by atoms with Crippen molar-refractivity contribution < 1.29 is 9.59 Å². The van der Waals surface area contributed by atoms with Crippen molar-refractivity contribution in [1.29, 1.82) is 0 Å². The topological polar surface area (TPSA) is 110 Å². The van der Waals surface area contributed by atoms with Gasteiger partial charge in [-0.1, -0.05) is 0 Å². The van der Waals surface area contributed by atoms with Crippen LogP contribution in [-0.2, 0) is 14.1 Å². The van der Waals surface area contributed by atoms with E-state index in [9.17, 15) is 9.59 Å². The SMILES string of the molecule is CN(C)CCCNC(=O)c1nc(NC(=O)c2cc(N)cn2C)cn1C. The molecule has 9 heteroatoms. The molecule has 2 heterocycles. The van der Waals surface area contributed by atoms with Crippen molar-refractivity contribution in [3.8, 4) is 0 Å². The second-order valence-corrected chi connectivity index (χ2v) is 6.20. The summed E-state index contributed by atoms with van der Waals surface area (Å²) in [5.74, 6) is -0.0580. The average Bonchev–Trinajstić information content (AvgIpc) is 3.05. The number of hydrogen-bond donors (Lipinski definition) is 3. The van der Waals surface area contributed by atoms with Gasteiger partial charge in [-0.2, -0.15) is 0 Å². The number of amides is 2. The van der Waals surface area contributed by atoms with Crippen molar-refractivity contribution in [2.45, 2.75) is 6.42 Å². The number of imidazole rings is 1. The quantitative estimate of drug-likeness (QED) is 0.623. The molecule has 0 aliphatic heterocycles. The van der Waals surface area contributed by atoms with E-state index in [1.807, 2.05) is 14.1 Å². The van der Waals surface area contributed by atoms with E-state index in [0.29, 0.717) is 23.7 Å². The number of aryl methyl sites for hydroxylation is 2. The van der Waals surface area contributed by atoms with Gasteiger partial charge in [-0.25, -0.2) is 4.98 Å². The van der Waals surface area contributed by atoms with Gasteiger partial charge in [0.05, 0.1) is 5.69 Å². The summed E-state index contributed by atoms with van der Waals surface area (Å²) < 4.78 is 3.21. The largest absolute Gasteiger partial charge is 0.397 e. The third-order valence-electron chi connectivity index (χ3n) is 3.65. The summed E-state index contributed by atoms with van der Waals surface area (Å²) in [5.41, 5.74) is 6.60. The Labute approximate surface area is 146 Å². The Morgan fingerprint density at radius 1 is 1.20 bits per heavy atom. The summed E-state index contributed by atoms with van der Waals surface area (Å²) in [7, 11) is 7.40. The number of aromatic nitrogens is 3. The van der Waals surface area contributed by atoms with Gasteiger partial charge in [0.2, 0.25) is 5.82 Å². The third kappa shape index (κ3) is 4.83. The van der Waals surface area contributed by atoms with Crippen LogP contribution in [0.2, 0.25) is 0 Å². The number of anilines is 2. The molecule has 0 saturated carbocycles. The summed E-state index contributed by atoms with van der Waals surface area (Å²) in [6.45, 7) is 1.45. The van der Waals surface area contributed by atoms with E-state index in [0.717, 1.165) is 13.0 Å². The van der Waals surface area contributed by atoms with Crippen molar-refractivity contribution in [3.05, 3.63) is 30.0 Å². The molecular formula is C16H25N7O2. The molecule has 0 aliphatic rings. The highest BCUT2D eigenvalue weighted by Crippen LogP contribution is 2.12. The Bertz CT molecular complexity index is 761. The number of nitrogen functional groups attached to an aromatic ring is 1. The van der Waals surface area contributed by atoms with Gasteiger partial charge >= 0.3 is 0 Å². The van der Waals surface area contributed by atoms with Crippen LogP contribution in [0.5, 0.6) is 0 Å². The number of carbonyl (C=O) groups excluding carboxylic acids is 2. The molecular weight excluding hydrogens is 322 g/mol. The molecule has 9 nitrogen and oxygen atoms in total. The normalized spacial score (nSPS) is 10.9. The maximum atomic E-state index is 12.3. The van der Waals surface area contributed by atoms with Crippen LogP contribution in [0.3, 0.4) is 0 Å². The van der Waals surface area contributed by atoms with E-state index < -0.39 is 0 Å². The minimum atomic E-state index is -0.338. The van der Waals surface area contributed by atoms with Gasteiger partial charge in [0.25, 0.3) is 11.8 Å². The second kappa shape index (κ2) is 7.84. The fourth-order valence-electron chi connectivity index (χ4n) is 2.41. The predicted octanol–water partition coefficient (Wildman–Crippen LogP) is 0.275. The minimum absolute atomic E-state index is 0.242. The van der Waals surface area contributed by atoms with Crippen LogP contribution in [0.1, 0.15) is 27.5 Å². The smallest absolute Gasteiger partial charge is 0.287 e. The zero-order valence-corrected chi connectivity index (χ0v) is 15.0. The monoisotopic (exact) mass is 347 g/mol. The number of rotatable bonds is 7. The van der Waals surface area contributed by atoms with Gasteiger partial charge in [0.1, 0.15) is 5.69 Å². The van der Waals surface area contributed by atoms with Gasteiger partial charge < -0.3 is 30.4 Å². The molecule has 0 radical (unpaired) electrons. The lowest BCUT2D eigenvalue weighted by Gasteiger charge is -2.09. The highest BCUT2D eigenvalue weighted by atomic mass is 16.2. The summed E-state index contributed by atoms with van der Waals surface area (Å²) in [4.78, 5) is 30.7. The number of nitrogens with zero attached hydrogens (tertiary/aromatic N) is 4. The summed E-state index contributed by atoms with van der Waals surface area (Å²) in [6, 6.07) is 1.58. The van der Waals surface area contributed by atoms with E-state index in [4.69, 9.17) is 5.73 Å². The van der Waals surface area contributed by atoms with E-state index >= 15 is 0 Å². The van der Waals surface area contributed by atoms with Crippen LogP contribution >= 0.6 is 0 Å². The minimum Gasteiger partial charge on any atom is -0.397 e. The fourth-order valence-corrected chi connectivity index (χ4v) is 2.41. The zero-order chi connectivity index (χ0) is 18.6. The maximum absolute atomic E-state index is 12.3. The average molecular weight is 347 g/mol. The Morgan fingerprint density at radius 3 is 2.52 bits per heavy atom. The molecule has 0 atom stereocenters. The molecule has 0 unspecified atom stereocenters. The zero-order valence-electron chi connectivity index (χ0n) is 15.0. The van der Waals surface area contributed by atoms with E-state index in [1.165, 1.54) is 0 Å². The number of nitrogens with two attached hydrogens (primary N) is 1. The highest BCUT2D eigenvalue weighted by Gasteiger charge is 2.17. The van der Waals surface area contributed by atoms with E-state index in [-0.39, 0.29) is 17.6 Å². The fraction of sp³-hybridized carbons (Fsp3) is 0.438. The van der Waals surface area contributed by atoms with Gasteiger partial charge in [-0.15, -0.1) is 0 Å². The lowest BCUT2D eigenvalue weighted by Crippen LogP contribution is -2.29. The summed E-state index contributed by atoms with van der Waals surface area (Å²) in [5, 5.41) is 5.50. The van der Waals surface area contributed by atoms with Crippen LogP contribution in [0, 0.1) is 0 Å². The van der Waals surface area contributed by atoms with Crippen molar-refractivity contribution in [3.63, 3.8) is 0 Å². The Hall–Kier alpha value is -2.81. The van der Waals surface area contributed by atoms with E-state index in [1.54, 1.807) is 41.7 Å². The molecule has 4 N–H and O–H groups in total. The molecule has 0 aromatic carbocycles. The third-order valence-corrected chi connectivity index (χ3v) is 3.65. The van der Waals surface area contributed by atoms with Gasteiger partial charge in [-0.3, -0.25) is 9.59 Å². The van der Waals surface area contributed by atoms with Crippen molar-refractivity contribution in [1.82, 2.24) is 24.3 Å². The lowest BCUT2D eigenvalue weighted by molar-refractivity contribution is 0.0937. The first-order valence-electron chi connectivity index (χ1n) is 7.97. The van der Waals surface area contributed by atoms with Crippen molar-refractivity contribution in [2.75, 3.05) is 38.2 Å². The maximum Gasteiger partial charge on any atom is 0.287 e. The predicted molar refractivity (Wildman–Crippen MR) is 96.5 cm³/mol. The molecule has 0 bridgehead atoms. The lowest BCUT2D eigenvalue weighted by atomic mass is 10.4. The molecule has 2 aromatic heterocycles. The van der Waals surface area contributed by atoms with Crippen LogP contribution in [0.15, 0.2) is 18.5 Å². The number of carbonyl (C=O) groups is 2. The first-order valence-corrected chi connectivity index (χ1v) is 7.97. The Kier molecular flexibility index (Phi) is 5.81. The van der Waals surface area contributed by atoms with Crippen LogP contribution in [0.25, 0.3) is 0 Å². The Morgan fingerprint density at radius 2 is 1.92 bits per heavy atom. The molecule has 0 saturated heterocycles. The summed E-state index contributed by atoms with van der Waals surface area (Å²) in [6.07, 6.45) is 4.10. The highest BCUT2D eigenvalue weighted by molar-refractivity contribution is 6.03. The number of hydrogen-bond acceptors (Lipinski definition) is 5. The first kappa shape index (κ1) is 18.5.